The highest BCUT2D eigenvalue weighted by Crippen LogP contribution is 2.11. The second kappa shape index (κ2) is 6.08. The molecule has 2 atom stereocenters. The van der Waals surface area contributed by atoms with Gasteiger partial charge < -0.3 is 10.1 Å². The molecule has 0 spiro atoms. The van der Waals surface area contributed by atoms with Crippen molar-refractivity contribution >= 4 is 5.97 Å². The Labute approximate surface area is 92.0 Å². The summed E-state index contributed by atoms with van der Waals surface area (Å²) in [6.07, 6.45) is 1.18. The normalized spacial score (nSPS) is 23.1. The predicted octanol–water partition coefficient (Wildman–Crippen LogP) is 0.479. The minimum absolute atomic E-state index is 0.0319. The molecule has 4 nitrogen and oxygen atoms in total. The van der Waals surface area contributed by atoms with Crippen molar-refractivity contribution < 1.29 is 9.53 Å². The van der Waals surface area contributed by atoms with Crippen molar-refractivity contribution in [3.63, 3.8) is 0 Å². The second-order valence-electron chi connectivity index (χ2n) is 4.16. The fraction of sp³-hybridized carbons (Fsp3) is 0.909. The topological polar surface area (TPSA) is 41.6 Å². The van der Waals surface area contributed by atoms with Gasteiger partial charge in [0.15, 0.2) is 0 Å². The van der Waals surface area contributed by atoms with Gasteiger partial charge in [-0.25, -0.2) is 0 Å². The van der Waals surface area contributed by atoms with Gasteiger partial charge in [0.1, 0.15) is 0 Å². The zero-order chi connectivity index (χ0) is 11.3. The first kappa shape index (κ1) is 12.5. The minimum Gasteiger partial charge on any atom is -0.469 e. The smallest absolute Gasteiger partial charge is 0.309 e. The maximum absolute atomic E-state index is 11.3. The van der Waals surface area contributed by atoms with Crippen molar-refractivity contribution in [3.05, 3.63) is 0 Å². The Kier molecular flexibility index (Phi) is 5.05. The molecule has 1 rings (SSSR count). The molecule has 4 heteroatoms. The van der Waals surface area contributed by atoms with E-state index in [1.54, 1.807) is 0 Å². The lowest BCUT2D eigenvalue weighted by atomic mass is 10.1. The number of carbonyl (C=O) groups is 1. The lowest BCUT2D eigenvalue weighted by Gasteiger charge is -2.28. The molecule has 88 valence electrons. The predicted molar refractivity (Wildman–Crippen MR) is 59.7 cm³/mol. The summed E-state index contributed by atoms with van der Waals surface area (Å²) in [5.74, 6) is -0.144. The molecular formula is C11H22N2O2. The number of hydrogen-bond donors (Lipinski definition) is 1. The Morgan fingerprint density at radius 3 is 2.87 bits per heavy atom. The van der Waals surface area contributed by atoms with Gasteiger partial charge in [-0.2, -0.15) is 0 Å². The van der Waals surface area contributed by atoms with Gasteiger partial charge in [0.25, 0.3) is 0 Å². The van der Waals surface area contributed by atoms with E-state index in [1.165, 1.54) is 13.5 Å². The van der Waals surface area contributed by atoms with Crippen molar-refractivity contribution in [2.45, 2.75) is 26.3 Å². The Morgan fingerprint density at radius 2 is 2.40 bits per heavy atom. The first-order valence-electron chi connectivity index (χ1n) is 5.71. The molecule has 0 aliphatic carbocycles. The third kappa shape index (κ3) is 3.47. The monoisotopic (exact) mass is 214 g/mol. The second-order valence-corrected chi connectivity index (χ2v) is 4.16. The summed E-state index contributed by atoms with van der Waals surface area (Å²) in [7, 11) is 1.45. The molecule has 1 aliphatic heterocycles. The SMILES string of the molecule is CCN(CC(C)C(=O)OC)C1CCNC1. The average Bonchev–Trinajstić information content (AvgIpc) is 2.77. The molecule has 1 saturated heterocycles. The highest BCUT2D eigenvalue weighted by Gasteiger charge is 2.24. The van der Waals surface area contributed by atoms with E-state index in [2.05, 4.69) is 17.1 Å². The largest absolute Gasteiger partial charge is 0.469 e. The summed E-state index contributed by atoms with van der Waals surface area (Å²) < 4.78 is 4.74. The third-order valence-corrected chi connectivity index (χ3v) is 3.07. The van der Waals surface area contributed by atoms with Gasteiger partial charge in [-0.3, -0.25) is 9.69 Å². The Balaban J connectivity index is 2.41. The third-order valence-electron chi connectivity index (χ3n) is 3.07. The van der Waals surface area contributed by atoms with E-state index in [-0.39, 0.29) is 11.9 Å². The number of esters is 1. The number of hydrogen-bond acceptors (Lipinski definition) is 4. The Bertz CT molecular complexity index is 203. The molecular weight excluding hydrogens is 192 g/mol. The summed E-state index contributed by atoms with van der Waals surface area (Å²) in [6, 6.07) is 0.585. The van der Waals surface area contributed by atoms with Crippen LogP contribution in [0.2, 0.25) is 0 Å². The maximum atomic E-state index is 11.3. The van der Waals surface area contributed by atoms with Crippen LogP contribution in [0, 0.1) is 5.92 Å². The average molecular weight is 214 g/mol. The van der Waals surface area contributed by atoms with E-state index in [0.29, 0.717) is 6.04 Å². The maximum Gasteiger partial charge on any atom is 0.309 e. The van der Waals surface area contributed by atoms with E-state index in [4.69, 9.17) is 4.74 Å². The van der Waals surface area contributed by atoms with Gasteiger partial charge in [-0.15, -0.1) is 0 Å². The summed E-state index contributed by atoms with van der Waals surface area (Å²) in [4.78, 5) is 13.7. The van der Waals surface area contributed by atoms with Crippen LogP contribution in [0.15, 0.2) is 0 Å². The molecule has 1 heterocycles. The number of nitrogens with zero attached hydrogens (tertiary/aromatic N) is 1. The molecule has 1 fully saturated rings. The Morgan fingerprint density at radius 1 is 1.67 bits per heavy atom. The number of carbonyl (C=O) groups excluding carboxylic acids is 1. The van der Waals surface area contributed by atoms with Crippen LogP contribution in [-0.2, 0) is 9.53 Å². The van der Waals surface area contributed by atoms with E-state index < -0.39 is 0 Å². The highest BCUT2D eigenvalue weighted by atomic mass is 16.5. The summed E-state index contributed by atoms with van der Waals surface area (Å²) in [6.45, 7) is 8.00. The van der Waals surface area contributed by atoms with Gasteiger partial charge in [0.2, 0.25) is 0 Å². The van der Waals surface area contributed by atoms with Crippen LogP contribution >= 0.6 is 0 Å². The standard InChI is InChI=1S/C11H22N2O2/c1-4-13(10-5-6-12-7-10)8-9(2)11(14)15-3/h9-10,12H,4-8H2,1-3H3. The summed E-state index contributed by atoms with van der Waals surface area (Å²) in [5, 5.41) is 3.35. The van der Waals surface area contributed by atoms with Crippen molar-refractivity contribution in [1.82, 2.24) is 10.2 Å². The summed E-state index contributed by atoms with van der Waals surface area (Å²) >= 11 is 0. The van der Waals surface area contributed by atoms with Gasteiger partial charge in [-0.1, -0.05) is 13.8 Å². The molecule has 1 N–H and O–H groups in total. The van der Waals surface area contributed by atoms with Crippen molar-refractivity contribution in [2.24, 2.45) is 5.92 Å². The van der Waals surface area contributed by atoms with E-state index in [0.717, 1.165) is 26.2 Å². The lowest BCUT2D eigenvalue weighted by Crippen LogP contribution is -2.41. The first-order chi connectivity index (χ1) is 7.19. The quantitative estimate of drug-likeness (QED) is 0.676. The highest BCUT2D eigenvalue weighted by molar-refractivity contribution is 5.72. The Hall–Kier alpha value is -0.610. The van der Waals surface area contributed by atoms with Crippen LogP contribution in [-0.4, -0.2) is 50.2 Å². The van der Waals surface area contributed by atoms with E-state index in [1.807, 2.05) is 6.92 Å². The zero-order valence-corrected chi connectivity index (χ0v) is 9.95. The fourth-order valence-corrected chi connectivity index (χ4v) is 2.11. The molecule has 0 aromatic heterocycles. The van der Waals surface area contributed by atoms with Crippen LogP contribution in [0.25, 0.3) is 0 Å². The number of ether oxygens (including phenoxy) is 1. The van der Waals surface area contributed by atoms with Crippen LogP contribution in [0.5, 0.6) is 0 Å². The van der Waals surface area contributed by atoms with Crippen LogP contribution < -0.4 is 5.32 Å². The van der Waals surface area contributed by atoms with Crippen LogP contribution in [0.1, 0.15) is 20.3 Å². The van der Waals surface area contributed by atoms with Gasteiger partial charge in [0, 0.05) is 19.1 Å². The van der Waals surface area contributed by atoms with Crippen molar-refractivity contribution in [1.29, 1.82) is 0 Å². The molecule has 1 aliphatic rings. The minimum atomic E-state index is -0.112. The molecule has 0 aromatic carbocycles. The number of likely N-dealkylation sites (N-methyl/N-ethyl adjacent to an activating group) is 1. The van der Waals surface area contributed by atoms with Crippen LogP contribution in [0.3, 0.4) is 0 Å². The van der Waals surface area contributed by atoms with Crippen molar-refractivity contribution in [2.75, 3.05) is 33.3 Å². The number of nitrogens with one attached hydrogen (secondary N) is 1. The van der Waals surface area contributed by atoms with Gasteiger partial charge in [-0.05, 0) is 19.5 Å². The number of rotatable bonds is 5. The molecule has 0 saturated carbocycles. The summed E-state index contributed by atoms with van der Waals surface area (Å²) in [5.41, 5.74) is 0. The van der Waals surface area contributed by atoms with E-state index >= 15 is 0 Å². The van der Waals surface area contributed by atoms with Gasteiger partial charge in [0.05, 0.1) is 13.0 Å². The molecule has 0 bridgehead atoms. The lowest BCUT2D eigenvalue weighted by molar-refractivity contribution is -0.145. The number of methoxy groups -OCH3 is 1. The molecule has 15 heavy (non-hydrogen) atoms. The fourth-order valence-electron chi connectivity index (χ4n) is 2.11. The molecule has 2 unspecified atom stereocenters. The van der Waals surface area contributed by atoms with Crippen molar-refractivity contribution in [3.8, 4) is 0 Å². The zero-order valence-electron chi connectivity index (χ0n) is 9.95. The molecule has 0 aromatic rings. The molecule has 0 radical (unpaired) electrons. The van der Waals surface area contributed by atoms with E-state index in [9.17, 15) is 4.79 Å². The first-order valence-corrected chi connectivity index (χ1v) is 5.71. The van der Waals surface area contributed by atoms with Crippen LogP contribution in [0.4, 0.5) is 0 Å². The molecule has 0 amide bonds. The van der Waals surface area contributed by atoms with Gasteiger partial charge >= 0.3 is 5.97 Å².